The first-order chi connectivity index (χ1) is 11.4. The van der Waals surface area contributed by atoms with Crippen molar-refractivity contribution in [3.05, 3.63) is 23.8 Å². The van der Waals surface area contributed by atoms with Gasteiger partial charge >= 0.3 is 0 Å². The minimum absolute atomic E-state index is 0.0927. The highest BCUT2D eigenvalue weighted by molar-refractivity contribution is 8.00. The first-order valence-electron chi connectivity index (χ1n) is 8.52. The fraction of sp³-hybridized carbons (Fsp3) is 0.632. The molecule has 1 aliphatic heterocycles. The molecular weight excluding hydrogens is 322 g/mol. The molecule has 1 aromatic rings. The van der Waals surface area contributed by atoms with Crippen molar-refractivity contribution in [1.29, 1.82) is 0 Å². The van der Waals surface area contributed by atoms with Crippen molar-refractivity contribution in [1.82, 2.24) is 4.90 Å². The Bertz CT molecular complexity index is 568. The Balaban J connectivity index is 2.16. The van der Waals surface area contributed by atoms with Crippen LogP contribution < -0.4 is 9.47 Å². The Morgan fingerprint density at radius 3 is 2.54 bits per heavy atom. The Morgan fingerprint density at radius 1 is 1.21 bits per heavy atom. The number of benzene rings is 1. The maximum Gasteiger partial charge on any atom is 0.254 e. The van der Waals surface area contributed by atoms with Gasteiger partial charge in [-0.15, -0.1) is 0 Å². The van der Waals surface area contributed by atoms with E-state index in [0.29, 0.717) is 23.1 Å². The van der Waals surface area contributed by atoms with Gasteiger partial charge in [0.25, 0.3) is 5.91 Å². The number of hydrogen-bond donors (Lipinski definition) is 0. The Kier molecular flexibility index (Phi) is 6.44. The van der Waals surface area contributed by atoms with E-state index in [2.05, 4.69) is 20.8 Å². The highest BCUT2D eigenvalue weighted by Crippen LogP contribution is 2.31. The number of ether oxygens (including phenoxy) is 2. The summed E-state index contributed by atoms with van der Waals surface area (Å²) in [4.78, 5) is 15.1. The summed E-state index contributed by atoms with van der Waals surface area (Å²) >= 11 is 1.93. The molecule has 1 aliphatic rings. The number of thioether (sulfide) groups is 1. The summed E-state index contributed by atoms with van der Waals surface area (Å²) in [5.74, 6) is 2.33. The molecule has 2 rings (SSSR count). The first-order valence-corrected chi connectivity index (χ1v) is 9.51. The van der Waals surface area contributed by atoms with E-state index in [1.165, 1.54) is 6.42 Å². The average molecular weight is 352 g/mol. The second kappa shape index (κ2) is 8.15. The van der Waals surface area contributed by atoms with Gasteiger partial charge in [-0.1, -0.05) is 20.8 Å². The topological polar surface area (TPSA) is 38.8 Å². The van der Waals surface area contributed by atoms with Crippen LogP contribution in [0.4, 0.5) is 0 Å². The molecule has 1 amide bonds. The number of amides is 1. The van der Waals surface area contributed by atoms with Crippen molar-refractivity contribution in [3.63, 3.8) is 0 Å². The third-order valence-electron chi connectivity index (χ3n) is 4.23. The maximum atomic E-state index is 13.0. The third kappa shape index (κ3) is 4.82. The van der Waals surface area contributed by atoms with Crippen molar-refractivity contribution in [3.8, 4) is 11.5 Å². The molecule has 1 unspecified atom stereocenters. The van der Waals surface area contributed by atoms with E-state index >= 15 is 0 Å². The number of carbonyl (C=O) groups excluding carboxylic acids is 1. The van der Waals surface area contributed by atoms with E-state index in [1.54, 1.807) is 26.4 Å². The maximum absolute atomic E-state index is 13.0. The van der Waals surface area contributed by atoms with Crippen molar-refractivity contribution < 1.29 is 14.3 Å². The lowest BCUT2D eigenvalue weighted by Gasteiger charge is -2.37. The Morgan fingerprint density at radius 2 is 1.92 bits per heavy atom. The molecule has 1 saturated heterocycles. The largest absolute Gasteiger partial charge is 0.493 e. The van der Waals surface area contributed by atoms with Gasteiger partial charge < -0.3 is 14.4 Å². The lowest BCUT2D eigenvalue weighted by Crippen LogP contribution is -2.45. The van der Waals surface area contributed by atoms with Gasteiger partial charge in [-0.2, -0.15) is 11.8 Å². The van der Waals surface area contributed by atoms with E-state index < -0.39 is 0 Å². The van der Waals surface area contributed by atoms with Crippen LogP contribution in [0.5, 0.6) is 11.5 Å². The molecule has 1 heterocycles. The molecule has 1 atom stereocenters. The summed E-state index contributed by atoms with van der Waals surface area (Å²) in [7, 11) is 3.19. The molecule has 5 heteroatoms. The second-order valence-corrected chi connectivity index (χ2v) is 8.99. The first kappa shape index (κ1) is 19.0. The van der Waals surface area contributed by atoms with Gasteiger partial charge in [-0.25, -0.2) is 0 Å². The number of rotatable bonds is 5. The summed E-state index contributed by atoms with van der Waals surface area (Å²) in [5, 5.41) is 0. The quantitative estimate of drug-likeness (QED) is 0.796. The van der Waals surface area contributed by atoms with Crippen LogP contribution in [0.1, 0.15) is 50.4 Å². The lowest BCUT2D eigenvalue weighted by atomic mass is 10.0. The molecule has 0 radical (unpaired) electrons. The molecular formula is C19H29NO3S. The summed E-state index contributed by atoms with van der Waals surface area (Å²) in [5.41, 5.74) is 0.667. The molecule has 1 fully saturated rings. The molecule has 134 valence electrons. The number of methoxy groups -OCH3 is 2. The van der Waals surface area contributed by atoms with E-state index in [1.807, 2.05) is 22.7 Å². The molecule has 0 spiro atoms. The molecule has 0 aliphatic carbocycles. The van der Waals surface area contributed by atoms with E-state index in [0.717, 1.165) is 25.1 Å². The summed E-state index contributed by atoms with van der Waals surface area (Å²) in [6.07, 6.45) is 3.36. The molecule has 4 nitrogen and oxygen atoms in total. The molecule has 1 aromatic carbocycles. The molecule has 0 N–H and O–H groups in total. The smallest absolute Gasteiger partial charge is 0.254 e. The zero-order valence-corrected chi connectivity index (χ0v) is 16.2. The number of nitrogens with zero attached hydrogens (tertiary/aromatic N) is 1. The fourth-order valence-corrected chi connectivity index (χ4v) is 3.96. The van der Waals surface area contributed by atoms with Crippen molar-refractivity contribution >= 4 is 17.7 Å². The fourth-order valence-electron chi connectivity index (χ4n) is 2.92. The Hall–Kier alpha value is -1.36. The average Bonchev–Trinajstić information content (AvgIpc) is 2.58. The number of hydrogen-bond acceptors (Lipinski definition) is 4. The van der Waals surface area contributed by atoms with Crippen LogP contribution in [0.2, 0.25) is 0 Å². The molecule has 0 bridgehead atoms. The van der Waals surface area contributed by atoms with Crippen LogP contribution in [0.25, 0.3) is 0 Å². The third-order valence-corrected chi connectivity index (χ3v) is 5.64. The number of carbonyl (C=O) groups is 1. The molecule has 0 aromatic heterocycles. The van der Waals surface area contributed by atoms with Crippen molar-refractivity contribution in [2.75, 3.05) is 26.5 Å². The van der Waals surface area contributed by atoms with Gasteiger partial charge in [0.15, 0.2) is 11.5 Å². The summed E-state index contributed by atoms with van der Waals surface area (Å²) in [6.45, 7) is 7.51. The zero-order chi connectivity index (χ0) is 17.7. The van der Waals surface area contributed by atoms with Gasteiger partial charge in [0.1, 0.15) is 0 Å². The van der Waals surface area contributed by atoms with Crippen LogP contribution in [0, 0.1) is 0 Å². The minimum atomic E-state index is 0.0927. The van der Waals surface area contributed by atoms with Gasteiger partial charge in [0.2, 0.25) is 0 Å². The van der Waals surface area contributed by atoms with E-state index in [4.69, 9.17) is 9.47 Å². The van der Waals surface area contributed by atoms with Gasteiger partial charge in [0, 0.05) is 28.6 Å². The van der Waals surface area contributed by atoms with Crippen LogP contribution in [-0.4, -0.2) is 48.1 Å². The predicted octanol–water partition coefficient (Wildman–Crippen LogP) is 4.23. The van der Waals surface area contributed by atoms with Gasteiger partial charge in [0.05, 0.1) is 14.2 Å². The zero-order valence-electron chi connectivity index (χ0n) is 15.4. The highest BCUT2D eigenvalue weighted by Gasteiger charge is 2.29. The second-order valence-electron chi connectivity index (χ2n) is 7.14. The number of likely N-dealkylation sites (tertiary alicyclic amines) is 1. The van der Waals surface area contributed by atoms with Crippen LogP contribution in [-0.2, 0) is 0 Å². The standard InChI is InChI=1S/C19H29NO3S/c1-19(2,3)24-13-15-8-6-7-11-20(15)18(21)14-9-10-16(22-4)17(12-14)23-5/h9-10,12,15H,6-8,11,13H2,1-5H3. The van der Waals surface area contributed by atoms with Gasteiger partial charge in [-0.05, 0) is 37.5 Å². The summed E-state index contributed by atoms with van der Waals surface area (Å²) < 4.78 is 10.8. The molecule has 0 saturated carbocycles. The van der Waals surface area contributed by atoms with Gasteiger partial charge in [-0.3, -0.25) is 4.79 Å². The number of piperidine rings is 1. The minimum Gasteiger partial charge on any atom is -0.493 e. The lowest BCUT2D eigenvalue weighted by molar-refractivity contribution is 0.0640. The van der Waals surface area contributed by atoms with E-state index in [9.17, 15) is 4.79 Å². The highest BCUT2D eigenvalue weighted by atomic mass is 32.2. The normalized spacial score (nSPS) is 18.4. The van der Waals surface area contributed by atoms with Crippen LogP contribution in [0.15, 0.2) is 18.2 Å². The van der Waals surface area contributed by atoms with Crippen LogP contribution >= 0.6 is 11.8 Å². The molecule has 24 heavy (non-hydrogen) atoms. The van der Waals surface area contributed by atoms with Crippen molar-refractivity contribution in [2.45, 2.75) is 50.8 Å². The Labute approximate surface area is 149 Å². The SMILES string of the molecule is COc1ccc(C(=O)N2CCCCC2CSC(C)(C)C)cc1OC. The monoisotopic (exact) mass is 351 g/mol. The predicted molar refractivity (Wildman–Crippen MR) is 100 cm³/mol. The van der Waals surface area contributed by atoms with Crippen LogP contribution in [0.3, 0.4) is 0 Å². The summed E-state index contributed by atoms with van der Waals surface area (Å²) in [6, 6.07) is 5.72. The van der Waals surface area contributed by atoms with E-state index in [-0.39, 0.29) is 10.7 Å². The van der Waals surface area contributed by atoms with Crippen molar-refractivity contribution in [2.24, 2.45) is 0 Å².